The Morgan fingerprint density at radius 1 is 1.14 bits per heavy atom. The average Bonchev–Trinajstić information content (AvgIpc) is 3.09. The summed E-state index contributed by atoms with van der Waals surface area (Å²) >= 11 is 0. The summed E-state index contributed by atoms with van der Waals surface area (Å²) in [5.41, 5.74) is 5.64. The Morgan fingerprint density at radius 3 is 2.86 bits per heavy atom. The van der Waals surface area contributed by atoms with Crippen LogP contribution in [0.4, 0.5) is 4.39 Å². The van der Waals surface area contributed by atoms with Crippen molar-refractivity contribution in [1.29, 1.82) is 0 Å². The van der Waals surface area contributed by atoms with Crippen LogP contribution < -0.4 is 0 Å². The molecule has 1 saturated carbocycles. The highest BCUT2D eigenvalue weighted by Crippen LogP contribution is 2.49. The average molecular weight is 391 g/mol. The zero-order chi connectivity index (χ0) is 20.0. The number of hydrogen-bond acceptors (Lipinski definition) is 2. The van der Waals surface area contributed by atoms with Gasteiger partial charge in [-0.2, -0.15) is 0 Å². The van der Waals surface area contributed by atoms with Gasteiger partial charge in [-0.1, -0.05) is 36.4 Å². The first kappa shape index (κ1) is 18.6. The fraction of sp³-hybridized carbons (Fsp3) is 0.400. The summed E-state index contributed by atoms with van der Waals surface area (Å²) in [6, 6.07) is 14.3. The van der Waals surface area contributed by atoms with Crippen LogP contribution in [-0.2, 0) is 23.1 Å². The van der Waals surface area contributed by atoms with E-state index in [-0.39, 0.29) is 11.2 Å². The number of nitrogens with zero attached hydrogens (tertiary/aromatic N) is 1. The van der Waals surface area contributed by atoms with E-state index in [1.165, 1.54) is 16.7 Å². The van der Waals surface area contributed by atoms with Crippen molar-refractivity contribution in [2.75, 3.05) is 13.1 Å². The Hall–Kier alpha value is -2.46. The van der Waals surface area contributed by atoms with Crippen LogP contribution in [0.1, 0.15) is 47.9 Å². The third-order valence-corrected chi connectivity index (χ3v) is 7.22. The van der Waals surface area contributed by atoms with Gasteiger partial charge >= 0.3 is 5.97 Å². The van der Waals surface area contributed by atoms with Crippen molar-refractivity contribution < 1.29 is 14.3 Å². The van der Waals surface area contributed by atoms with Gasteiger partial charge in [0.15, 0.2) is 0 Å². The Balaban J connectivity index is 1.49. The monoisotopic (exact) mass is 391 g/mol. The van der Waals surface area contributed by atoms with E-state index in [0.717, 1.165) is 50.6 Å². The molecule has 1 fully saturated rings. The quantitative estimate of drug-likeness (QED) is 0.821. The van der Waals surface area contributed by atoms with Gasteiger partial charge in [-0.15, -0.1) is 0 Å². The van der Waals surface area contributed by atoms with Crippen molar-refractivity contribution in [2.24, 2.45) is 0 Å². The van der Waals surface area contributed by atoms with Crippen molar-refractivity contribution >= 4 is 5.97 Å². The summed E-state index contributed by atoms with van der Waals surface area (Å²) in [6.45, 7) is 1.45. The highest BCUT2D eigenvalue weighted by Gasteiger charge is 2.45. The smallest absolute Gasteiger partial charge is 0.332 e. The van der Waals surface area contributed by atoms with E-state index in [4.69, 9.17) is 0 Å². The predicted octanol–water partition coefficient (Wildman–Crippen LogP) is 4.48. The lowest BCUT2D eigenvalue weighted by Gasteiger charge is -2.35. The van der Waals surface area contributed by atoms with E-state index < -0.39 is 5.97 Å². The molecule has 0 bridgehead atoms. The van der Waals surface area contributed by atoms with Gasteiger partial charge in [0.1, 0.15) is 5.82 Å². The third kappa shape index (κ3) is 3.29. The van der Waals surface area contributed by atoms with Gasteiger partial charge in [0, 0.05) is 30.1 Å². The maximum Gasteiger partial charge on any atom is 0.332 e. The van der Waals surface area contributed by atoms with Crippen molar-refractivity contribution in [3.05, 3.63) is 82.2 Å². The third-order valence-electron chi connectivity index (χ3n) is 7.22. The van der Waals surface area contributed by atoms with Gasteiger partial charge in [0.25, 0.3) is 0 Å². The van der Waals surface area contributed by atoms with E-state index in [2.05, 4.69) is 29.2 Å². The number of rotatable bonds is 2. The minimum atomic E-state index is -0.799. The van der Waals surface area contributed by atoms with Crippen LogP contribution in [0.5, 0.6) is 0 Å². The second kappa shape index (κ2) is 7.10. The molecule has 0 radical (unpaired) electrons. The normalized spacial score (nSPS) is 26.5. The van der Waals surface area contributed by atoms with E-state index in [1.807, 2.05) is 12.1 Å². The molecule has 2 unspecified atom stereocenters. The lowest BCUT2D eigenvalue weighted by Crippen LogP contribution is -2.40. The first-order valence-corrected chi connectivity index (χ1v) is 10.6. The number of fused-ring (bicyclic) bond motifs is 3. The van der Waals surface area contributed by atoms with Crippen molar-refractivity contribution in [1.82, 2.24) is 4.90 Å². The van der Waals surface area contributed by atoms with Gasteiger partial charge < -0.3 is 5.11 Å². The molecule has 1 N–H and O–H groups in total. The number of carboxylic acids is 1. The zero-order valence-electron chi connectivity index (χ0n) is 16.5. The molecule has 5 rings (SSSR count). The molecule has 0 saturated heterocycles. The number of aliphatic carboxylic acids is 1. The van der Waals surface area contributed by atoms with Gasteiger partial charge in [0.05, 0.1) is 0 Å². The molecule has 1 spiro atoms. The summed E-state index contributed by atoms with van der Waals surface area (Å²) in [5.74, 6) is -0.960. The molecule has 150 valence electrons. The van der Waals surface area contributed by atoms with E-state index in [0.29, 0.717) is 18.2 Å². The van der Waals surface area contributed by atoms with E-state index in [9.17, 15) is 14.3 Å². The van der Waals surface area contributed by atoms with E-state index in [1.54, 1.807) is 12.1 Å². The maximum absolute atomic E-state index is 14.0. The highest BCUT2D eigenvalue weighted by atomic mass is 19.1. The topological polar surface area (TPSA) is 40.5 Å². The van der Waals surface area contributed by atoms with Gasteiger partial charge in [-0.3, -0.25) is 4.90 Å². The molecule has 3 nitrogen and oxygen atoms in total. The van der Waals surface area contributed by atoms with Gasteiger partial charge in [-0.25, -0.2) is 9.18 Å². The van der Waals surface area contributed by atoms with Crippen LogP contribution in [0, 0.1) is 5.82 Å². The van der Waals surface area contributed by atoms with Crippen molar-refractivity contribution in [3.8, 4) is 0 Å². The summed E-state index contributed by atoms with van der Waals surface area (Å²) < 4.78 is 14.0. The van der Waals surface area contributed by atoms with Crippen LogP contribution in [0.15, 0.2) is 54.1 Å². The van der Waals surface area contributed by atoms with E-state index >= 15 is 0 Å². The molecule has 2 aromatic carbocycles. The summed E-state index contributed by atoms with van der Waals surface area (Å²) in [4.78, 5) is 13.8. The number of carbonyl (C=O) groups is 1. The maximum atomic E-state index is 14.0. The molecule has 1 aliphatic heterocycles. The first-order chi connectivity index (χ1) is 14.0. The highest BCUT2D eigenvalue weighted by molar-refractivity contribution is 5.87. The largest absolute Gasteiger partial charge is 0.478 e. The molecule has 3 aliphatic rings. The van der Waals surface area contributed by atoms with Crippen LogP contribution in [0.25, 0.3) is 0 Å². The van der Waals surface area contributed by atoms with Gasteiger partial charge in [0.2, 0.25) is 0 Å². The second-order valence-corrected chi connectivity index (χ2v) is 8.89. The fourth-order valence-corrected chi connectivity index (χ4v) is 5.84. The molecule has 2 atom stereocenters. The first-order valence-electron chi connectivity index (χ1n) is 10.6. The Kier molecular flexibility index (Phi) is 4.54. The molecule has 2 aromatic rings. The standard InChI is InChI=1S/C25H26FNO2/c26-21-8-7-17-12-18-4-1-2-6-23(18)25(14-20(17)13-21)10-9-22(15-25)27-11-3-5-19(16-27)24(28)29/h1-2,4-8,13,22H,3,9-12,14-16H2,(H,28,29). The number of halogens is 1. The number of benzene rings is 2. The Labute approximate surface area is 170 Å². The van der Waals surface area contributed by atoms with Crippen LogP contribution >= 0.6 is 0 Å². The van der Waals surface area contributed by atoms with Crippen molar-refractivity contribution in [2.45, 2.75) is 50.0 Å². The fourth-order valence-electron chi connectivity index (χ4n) is 5.84. The number of hydrogen-bond donors (Lipinski definition) is 1. The number of carboxylic acid groups (broad SMARTS) is 1. The summed E-state index contributed by atoms with van der Waals surface area (Å²) in [6.07, 6.45) is 7.52. The molecule has 0 aromatic heterocycles. The molecule has 1 heterocycles. The van der Waals surface area contributed by atoms with Crippen LogP contribution in [0.3, 0.4) is 0 Å². The molecular formula is C25H26FNO2. The zero-order valence-corrected chi connectivity index (χ0v) is 16.5. The SMILES string of the molecule is O=C(O)C1=CCCN(C2CCC3(Cc4cc(F)ccc4Cc4ccccc43)C2)C1. The second-order valence-electron chi connectivity index (χ2n) is 8.89. The summed E-state index contributed by atoms with van der Waals surface area (Å²) in [7, 11) is 0. The lowest BCUT2D eigenvalue weighted by molar-refractivity contribution is -0.133. The lowest BCUT2D eigenvalue weighted by atomic mass is 9.73. The van der Waals surface area contributed by atoms with Gasteiger partial charge in [-0.05, 0) is 72.9 Å². The molecule has 4 heteroatoms. The molecule has 29 heavy (non-hydrogen) atoms. The summed E-state index contributed by atoms with van der Waals surface area (Å²) in [5, 5.41) is 9.41. The predicted molar refractivity (Wildman–Crippen MR) is 111 cm³/mol. The van der Waals surface area contributed by atoms with Crippen molar-refractivity contribution in [3.63, 3.8) is 0 Å². The Morgan fingerprint density at radius 2 is 2.00 bits per heavy atom. The minimum absolute atomic E-state index is 0.00481. The Bertz CT molecular complexity index is 998. The molecular weight excluding hydrogens is 365 g/mol. The van der Waals surface area contributed by atoms with Crippen LogP contribution in [-0.4, -0.2) is 35.1 Å². The minimum Gasteiger partial charge on any atom is -0.478 e. The molecule has 2 aliphatic carbocycles. The molecule has 0 amide bonds. The van der Waals surface area contributed by atoms with Crippen LogP contribution in [0.2, 0.25) is 0 Å².